The molecule has 3 atom stereocenters. The molecule has 0 spiro atoms. The zero-order valence-corrected chi connectivity index (χ0v) is 19.8. The molecular formula is C25H23ClFN3O2S. The lowest BCUT2D eigenvalue weighted by Gasteiger charge is -2.27. The van der Waals surface area contributed by atoms with Gasteiger partial charge < -0.3 is 10.2 Å². The standard InChI is InChI=1S/C25H23ClFN3O2S/c1-13-6-7-15(10-20(13)27)23-22(29-14(2)33-23)25(32)30-12-17-9-19(17)21(30)11-28-24(31)16-4-3-5-18(26)8-16/h3-8,10,17,19,21H,9,11-12H2,1-2H3,(H,28,31)/t17-,19?,21+/m0/s1. The van der Waals surface area contributed by atoms with E-state index in [4.69, 9.17) is 11.6 Å². The first kappa shape index (κ1) is 22.0. The van der Waals surface area contributed by atoms with Crippen molar-refractivity contribution in [2.75, 3.05) is 13.1 Å². The summed E-state index contributed by atoms with van der Waals surface area (Å²) in [5, 5.41) is 4.22. The molecule has 0 radical (unpaired) electrons. The third kappa shape index (κ3) is 4.27. The van der Waals surface area contributed by atoms with Gasteiger partial charge in [-0.25, -0.2) is 9.37 Å². The number of aryl methyl sites for hydroxylation is 2. The summed E-state index contributed by atoms with van der Waals surface area (Å²) in [4.78, 5) is 33.2. The lowest BCUT2D eigenvalue weighted by molar-refractivity contribution is 0.0690. The van der Waals surface area contributed by atoms with E-state index < -0.39 is 0 Å². The first-order valence-corrected chi connectivity index (χ1v) is 12.1. The summed E-state index contributed by atoms with van der Waals surface area (Å²) < 4.78 is 14.2. The van der Waals surface area contributed by atoms with Gasteiger partial charge in [0, 0.05) is 23.7 Å². The Hall–Kier alpha value is -2.77. The number of aromatic nitrogens is 1. The maximum absolute atomic E-state index is 14.2. The number of thiazole rings is 1. The van der Waals surface area contributed by atoms with Crippen molar-refractivity contribution >= 4 is 34.8 Å². The number of nitrogens with one attached hydrogen (secondary N) is 1. The van der Waals surface area contributed by atoms with E-state index in [1.165, 1.54) is 17.4 Å². The molecule has 1 N–H and O–H groups in total. The van der Waals surface area contributed by atoms with Gasteiger partial charge in [0.25, 0.3) is 11.8 Å². The van der Waals surface area contributed by atoms with Crippen LogP contribution in [0.3, 0.4) is 0 Å². The highest BCUT2D eigenvalue weighted by atomic mass is 35.5. The van der Waals surface area contributed by atoms with Crippen LogP contribution in [-0.2, 0) is 0 Å². The van der Waals surface area contributed by atoms with Gasteiger partial charge in [0.2, 0.25) is 0 Å². The fourth-order valence-corrected chi connectivity index (χ4v) is 5.73. The highest BCUT2D eigenvalue weighted by Gasteiger charge is 2.54. The average molecular weight is 484 g/mol. The maximum Gasteiger partial charge on any atom is 0.274 e. The lowest BCUT2D eigenvalue weighted by atomic mass is 10.1. The Labute approximate surface area is 200 Å². The highest BCUT2D eigenvalue weighted by Crippen LogP contribution is 2.50. The zero-order chi connectivity index (χ0) is 23.3. The summed E-state index contributed by atoms with van der Waals surface area (Å²) in [5.74, 6) is 0.162. The summed E-state index contributed by atoms with van der Waals surface area (Å²) in [5.41, 5.74) is 2.06. The molecule has 8 heteroatoms. The summed E-state index contributed by atoms with van der Waals surface area (Å²) in [6.07, 6.45) is 1.06. The molecule has 1 saturated heterocycles. The Morgan fingerprint density at radius 1 is 1.24 bits per heavy atom. The predicted octanol–water partition coefficient (Wildman–Crippen LogP) is 5.11. The first-order valence-electron chi connectivity index (χ1n) is 10.9. The fraction of sp³-hybridized carbons (Fsp3) is 0.320. The number of fused-ring (bicyclic) bond motifs is 1. The molecule has 2 fully saturated rings. The Kier molecular flexibility index (Phi) is 5.70. The normalized spacial score (nSPS) is 21.1. The van der Waals surface area contributed by atoms with E-state index in [-0.39, 0.29) is 23.7 Å². The molecule has 170 valence electrons. The number of piperidine rings is 1. The van der Waals surface area contributed by atoms with Gasteiger partial charge in [0.05, 0.1) is 15.9 Å². The number of halogens is 2. The molecule has 1 saturated carbocycles. The van der Waals surface area contributed by atoms with Crippen molar-refractivity contribution < 1.29 is 14.0 Å². The van der Waals surface area contributed by atoms with Crippen LogP contribution in [0.25, 0.3) is 10.4 Å². The first-order chi connectivity index (χ1) is 15.8. The van der Waals surface area contributed by atoms with Crippen LogP contribution in [0.2, 0.25) is 5.02 Å². The Morgan fingerprint density at radius 3 is 2.82 bits per heavy atom. The second-order valence-corrected chi connectivity index (χ2v) is 10.4. The number of amides is 2. The number of hydrogen-bond donors (Lipinski definition) is 1. The minimum Gasteiger partial charge on any atom is -0.350 e. The van der Waals surface area contributed by atoms with Crippen LogP contribution >= 0.6 is 22.9 Å². The molecule has 5 nitrogen and oxygen atoms in total. The van der Waals surface area contributed by atoms with Crippen LogP contribution in [0.4, 0.5) is 4.39 Å². The van der Waals surface area contributed by atoms with E-state index in [1.54, 1.807) is 37.3 Å². The van der Waals surface area contributed by atoms with Crippen LogP contribution in [0.5, 0.6) is 0 Å². The van der Waals surface area contributed by atoms with Gasteiger partial charge in [-0.05, 0) is 67.5 Å². The quantitative estimate of drug-likeness (QED) is 0.548. The number of benzene rings is 2. The number of rotatable bonds is 5. The number of nitrogens with zero attached hydrogens (tertiary/aromatic N) is 2. The van der Waals surface area contributed by atoms with E-state index in [9.17, 15) is 14.0 Å². The van der Waals surface area contributed by atoms with Crippen LogP contribution in [-0.4, -0.2) is 40.8 Å². The van der Waals surface area contributed by atoms with E-state index in [1.807, 2.05) is 17.9 Å². The van der Waals surface area contributed by atoms with E-state index in [0.717, 1.165) is 11.4 Å². The largest absolute Gasteiger partial charge is 0.350 e. The topological polar surface area (TPSA) is 62.3 Å². The van der Waals surface area contributed by atoms with Gasteiger partial charge in [0.15, 0.2) is 0 Å². The summed E-state index contributed by atoms with van der Waals surface area (Å²) in [7, 11) is 0. The molecule has 1 aliphatic carbocycles. The molecule has 5 rings (SSSR count). The maximum atomic E-state index is 14.2. The second kappa shape index (κ2) is 8.54. The minimum absolute atomic E-state index is 0.0877. The lowest BCUT2D eigenvalue weighted by Crippen LogP contribution is -2.45. The Bertz CT molecular complexity index is 1260. The van der Waals surface area contributed by atoms with E-state index >= 15 is 0 Å². The number of hydrogen-bond acceptors (Lipinski definition) is 4. The van der Waals surface area contributed by atoms with Gasteiger partial charge in [-0.15, -0.1) is 11.3 Å². The second-order valence-electron chi connectivity index (χ2n) is 8.78. The van der Waals surface area contributed by atoms with Gasteiger partial charge >= 0.3 is 0 Å². The van der Waals surface area contributed by atoms with Gasteiger partial charge in [-0.1, -0.05) is 29.8 Å². The van der Waals surface area contributed by atoms with Crippen molar-refractivity contribution in [1.29, 1.82) is 0 Å². The van der Waals surface area contributed by atoms with Crippen molar-refractivity contribution in [3.05, 3.63) is 75.1 Å². The van der Waals surface area contributed by atoms with Gasteiger partial charge in [0.1, 0.15) is 11.5 Å². The molecule has 2 aliphatic rings. The summed E-state index contributed by atoms with van der Waals surface area (Å²) in [6.45, 7) is 4.58. The molecule has 1 aromatic heterocycles. The summed E-state index contributed by atoms with van der Waals surface area (Å²) in [6, 6.07) is 11.7. The molecule has 1 aliphatic heterocycles. The molecule has 2 amide bonds. The third-order valence-electron chi connectivity index (χ3n) is 6.49. The molecule has 0 bridgehead atoms. The molecule has 2 aromatic carbocycles. The van der Waals surface area contributed by atoms with Crippen molar-refractivity contribution in [3.63, 3.8) is 0 Å². The molecule has 3 aromatic rings. The SMILES string of the molecule is Cc1nc(C(=O)N2C[C@@H]3CC3[C@H]2CNC(=O)c2cccc(Cl)c2)c(-c2ccc(C)c(F)c2)s1. The van der Waals surface area contributed by atoms with E-state index in [0.29, 0.717) is 57.2 Å². The zero-order valence-electron chi connectivity index (χ0n) is 18.3. The Morgan fingerprint density at radius 2 is 2.06 bits per heavy atom. The number of carbonyl (C=O) groups excluding carboxylic acids is 2. The van der Waals surface area contributed by atoms with Crippen LogP contribution in [0, 0.1) is 31.5 Å². The smallest absolute Gasteiger partial charge is 0.274 e. The highest BCUT2D eigenvalue weighted by molar-refractivity contribution is 7.15. The van der Waals surface area contributed by atoms with Crippen molar-refractivity contribution in [2.45, 2.75) is 26.3 Å². The van der Waals surface area contributed by atoms with Gasteiger partial charge in [-0.2, -0.15) is 0 Å². The number of likely N-dealkylation sites (tertiary alicyclic amines) is 1. The monoisotopic (exact) mass is 483 g/mol. The van der Waals surface area contributed by atoms with Crippen molar-refractivity contribution in [1.82, 2.24) is 15.2 Å². The predicted molar refractivity (Wildman–Crippen MR) is 127 cm³/mol. The van der Waals surface area contributed by atoms with Crippen molar-refractivity contribution in [2.24, 2.45) is 11.8 Å². The Balaban J connectivity index is 1.36. The van der Waals surface area contributed by atoms with E-state index in [2.05, 4.69) is 10.3 Å². The minimum atomic E-state index is -0.305. The van der Waals surface area contributed by atoms with Crippen molar-refractivity contribution in [3.8, 4) is 10.4 Å². The summed E-state index contributed by atoms with van der Waals surface area (Å²) >= 11 is 7.39. The molecule has 2 heterocycles. The fourth-order valence-electron chi connectivity index (χ4n) is 4.63. The average Bonchev–Trinajstić information content (AvgIpc) is 3.30. The van der Waals surface area contributed by atoms with Gasteiger partial charge in [-0.3, -0.25) is 9.59 Å². The van der Waals surface area contributed by atoms with Crippen LogP contribution in [0.1, 0.15) is 37.8 Å². The van der Waals surface area contributed by atoms with Crippen LogP contribution < -0.4 is 5.32 Å². The third-order valence-corrected chi connectivity index (χ3v) is 7.75. The number of carbonyl (C=O) groups is 2. The molecular weight excluding hydrogens is 461 g/mol. The molecule has 1 unspecified atom stereocenters. The van der Waals surface area contributed by atoms with Crippen LogP contribution in [0.15, 0.2) is 42.5 Å². The molecule has 33 heavy (non-hydrogen) atoms.